The summed E-state index contributed by atoms with van der Waals surface area (Å²) in [5, 5.41) is 3.17. The maximum atomic E-state index is 12.1. The number of anilines is 1. The Hall–Kier alpha value is -2.01. The lowest BCUT2D eigenvalue weighted by atomic mass is 10.0. The number of rotatable bonds is 3. The standard InChI is InChI=1S/C16H16N2O2S/c1-10-6-8-11(9-7-10)14(19)15(20)18-16-17-12-4-2-3-5-13(12)21-16/h6-9H,2-5H2,1H3,(H,17,18,20). The van der Waals surface area contributed by atoms with Crippen molar-refractivity contribution in [2.45, 2.75) is 32.6 Å². The smallest absolute Gasteiger partial charge is 0.295 e. The highest BCUT2D eigenvalue weighted by molar-refractivity contribution is 7.16. The van der Waals surface area contributed by atoms with Crippen LogP contribution >= 0.6 is 11.3 Å². The fourth-order valence-corrected chi connectivity index (χ4v) is 3.44. The molecule has 1 aliphatic rings. The summed E-state index contributed by atoms with van der Waals surface area (Å²) in [5.74, 6) is -1.15. The Morgan fingerprint density at radius 3 is 2.57 bits per heavy atom. The molecule has 1 heterocycles. The van der Waals surface area contributed by atoms with Crippen LogP contribution in [-0.2, 0) is 17.6 Å². The van der Waals surface area contributed by atoms with Gasteiger partial charge in [0.2, 0.25) is 0 Å². The van der Waals surface area contributed by atoms with E-state index in [4.69, 9.17) is 0 Å². The fraction of sp³-hybridized carbons (Fsp3) is 0.312. The van der Waals surface area contributed by atoms with Gasteiger partial charge in [-0.25, -0.2) is 4.98 Å². The summed E-state index contributed by atoms with van der Waals surface area (Å²) in [5.41, 5.74) is 2.53. The lowest BCUT2D eigenvalue weighted by molar-refractivity contribution is -0.112. The minimum atomic E-state index is -0.620. The highest BCUT2D eigenvalue weighted by Gasteiger charge is 2.20. The molecular weight excluding hydrogens is 284 g/mol. The van der Waals surface area contributed by atoms with Gasteiger partial charge in [-0.1, -0.05) is 29.8 Å². The minimum absolute atomic E-state index is 0.402. The molecule has 1 amide bonds. The average molecular weight is 300 g/mol. The van der Waals surface area contributed by atoms with Crippen LogP contribution in [0.15, 0.2) is 24.3 Å². The number of amides is 1. The Bertz CT molecular complexity index is 665. The summed E-state index contributed by atoms with van der Waals surface area (Å²) in [4.78, 5) is 29.7. The summed E-state index contributed by atoms with van der Waals surface area (Å²) >= 11 is 1.48. The van der Waals surface area contributed by atoms with Crippen molar-refractivity contribution in [3.63, 3.8) is 0 Å². The van der Waals surface area contributed by atoms with Gasteiger partial charge in [0.25, 0.3) is 11.7 Å². The van der Waals surface area contributed by atoms with Crippen LogP contribution in [-0.4, -0.2) is 16.7 Å². The maximum absolute atomic E-state index is 12.1. The first kappa shape index (κ1) is 13.9. The summed E-state index contributed by atoms with van der Waals surface area (Å²) in [7, 11) is 0. The SMILES string of the molecule is Cc1ccc(C(=O)C(=O)Nc2nc3c(s2)CCCC3)cc1. The van der Waals surface area contributed by atoms with Crippen molar-refractivity contribution in [2.24, 2.45) is 0 Å². The van der Waals surface area contributed by atoms with Gasteiger partial charge in [-0.15, -0.1) is 11.3 Å². The van der Waals surface area contributed by atoms with Gasteiger partial charge in [0.05, 0.1) is 5.69 Å². The third kappa shape index (κ3) is 3.03. The van der Waals surface area contributed by atoms with Crippen LogP contribution in [0.3, 0.4) is 0 Å². The highest BCUT2D eigenvalue weighted by atomic mass is 32.1. The summed E-state index contributed by atoms with van der Waals surface area (Å²) < 4.78 is 0. The minimum Gasteiger partial charge on any atom is -0.295 e. The summed E-state index contributed by atoms with van der Waals surface area (Å²) in [6, 6.07) is 6.99. The van der Waals surface area contributed by atoms with E-state index in [1.165, 1.54) is 22.6 Å². The van der Waals surface area contributed by atoms with Crippen LogP contribution in [0, 0.1) is 6.92 Å². The molecule has 1 aromatic carbocycles. The second kappa shape index (κ2) is 5.77. The van der Waals surface area contributed by atoms with Gasteiger partial charge in [-0.2, -0.15) is 0 Å². The van der Waals surface area contributed by atoms with Crippen LogP contribution in [0.5, 0.6) is 0 Å². The summed E-state index contributed by atoms with van der Waals surface area (Å²) in [6.07, 6.45) is 4.31. The molecule has 0 atom stereocenters. The van der Waals surface area contributed by atoms with Crippen molar-refractivity contribution in [2.75, 3.05) is 5.32 Å². The zero-order valence-corrected chi connectivity index (χ0v) is 12.6. The van der Waals surface area contributed by atoms with Gasteiger partial charge >= 0.3 is 0 Å². The Morgan fingerprint density at radius 1 is 1.14 bits per heavy atom. The van der Waals surface area contributed by atoms with E-state index in [9.17, 15) is 9.59 Å². The van der Waals surface area contributed by atoms with Gasteiger partial charge < -0.3 is 0 Å². The summed E-state index contributed by atoms with van der Waals surface area (Å²) in [6.45, 7) is 1.94. The van der Waals surface area contributed by atoms with Crippen LogP contribution in [0.1, 0.15) is 39.3 Å². The zero-order valence-electron chi connectivity index (χ0n) is 11.8. The predicted molar refractivity (Wildman–Crippen MR) is 82.9 cm³/mol. The lowest BCUT2D eigenvalue weighted by Gasteiger charge is -2.06. The van der Waals surface area contributed by atoms with Gasteiger partial charge in [0.1, 0.15) is 0 Å². The van der Waals surface area contributed by atoms with Gasteiger partial charge in [0, 0.05) is 10.4 Å². The molecule has 0 bridgehead atoms. The first-order valence-electron chi connectivity index (χ1n) is 7.04. The Balaban J connectivity index is 1.72. The number of aromatic nitrogens is 1. The van der Waals surface area contributed by atoms with E-state index in [0.717, 1.165) is 30.5 Å². The zero-order chi connectivity index (χ0) is 14.8. The molecule has 1 N–H and O–H groups in total. The van der Waals surface area contributed by atoms with Gasteiger partial charge in [0.15, 0.2) is 5.13 Å². The number of carbonyl (C=O) groups is 2. The number of nitrogens with one attached hydrogen (secondary N) is 1. The first-order valence-corrected chi connectivity index (χ1v) is 7.86. The number of ketones is 1. The molecule has 0 unspecified atom stereocenters. The van der Waals surface area contributed by atoms with Gasteiger partial charge in [-0.05, 0) is 32.6 Å². The molecule has 0 radical (unpaired) electrons. The number of benzene rings is 1. The molecule has 2 aromatic rings. The van der Waals surface area contributed by atoms with E-state index in [0.29, 0.717) is 10.7 Å². The Morgan fingerprint density at radius 2 is 1.86 bits per heavy atom. The van der Waals surface area contributed by atoms with Crippen molar-refractivity contribution in [3.8, 4) is 0 Å². The Kier molecular flexibility index (Phi) is 3.84. The molecule has 1 aliphatic carbocycles. The maximum Gasteiger partial charge on any atom is 0.298 e. The van der Waals surface area contributed by atoms with Crippen molar-refractivity contribution >= 4 is 28.2 Å². The molecule has 0 saturated carbocycles. The molecule has 0 fully saturated rings. The second-order valence-electron chi connectivity index (χ2n) is 5.25. The van der Waals surface area contributed by atoms with Crippen LogP contribution in [0.2, 0.25) is 0 Å². The largest absolute Gasteiger partial charge is 0.298 e. The second-order valence-corrected chi connectivity index (χ2v) is 6.33. The molecule has 5 heteroatoms. The number of hydrogen-bond donors (Lipinski definition) is 1. The van der Waals surface area contributed by atoms with E-state index >= 15 is 0 Å². The van der Waals surface area contributed by atoms with E-state index in [2.05, 4.69) is 10.3 Å². The fourth-order valence-electron chi connectivity index (χ4n) is 2.40. The van der Waals surface area contributed by atoms with Crippen molar-refractivity contribution in [1.82, 2.24) is 4.98 Å². The van der Waals surface area contributed by atoms with Gasteiger partial charge in [-0.3, -0.25) is 14.9 Å². The molecular formula is C16H16N2O2S. The van der Waals surface area contributed by atoms with E-state index in [1.54, 1.807) is 12.1 Å². The van der Waals surface area contributed by atoms with Crippen molar-refractivity contribution in [1.29, 1.82) is 0 Å². The lowest BCUT2D eigenvalue weighted by Crippen LogP contribution is -2.22. The topological polar surface area (TPSA) is 59.1 Å². The molecule has 4 nitrogen and oxygen atoms in total. The number of hydrogen-bond acceptors (Lipinski definition) is 4. The third-order valence-corrected chi connectivity index (χ3v) is 4.66. The molecule has 21 heavy (non-hydrogen) atoms. The average Bonchev–Trinajstić information content (AvgIpc) is 2.89. The highest BCUT2D eigenvalue weighted by Crippen LogP contribution is 2.29. The number of Topliss-reactive ketones (excluding diaryl/α,β-unsaturated/α-hetero) is 1. The number of thiazole rings is 1. The first-order chi connectivity index (χ1) is 10.1. The van der Waals surface area contributed by atoms with Crippen LogP contribution < -0.4 is 5.32 Å². The predicted octanol–water partition coefficient (Wildman–Crippen LogP) is 3.15. The molecule has 3 rings (SSSR count). The van der Waals surface area contributed by atoms with E-state index < -0.39 is 11.7 Å². The van der Waals surface area contributed by atoms with Crippen molar-refractivity contribution in [3.05, 3.63) is 46.0 Å². The van der Waals surface area contributed by atoms with Crippen molar-refractivity contribution < 1.29 is 9.59 Å². The number of aryl methyl sites for hydroxylation is 3. The monoisotopic (exact) mass is 300 g/mol. The molecule has 1 aromatic heterocycles. The van der Waals surface area contributed by atoms with Crippen LogP contribution in [0.4, 0.5) is 5.13 Å². The number of carbonyl (C=O) groups excluding carboxylic acids is 2. The molecule has 0 spiro atoms. The quantitative estimate of drug-likeness (QED) is 0.699. The normalized spacial score (nSPS) is 13.6. The molecule has 0 saturated heterocycles. The number of nitrogens with zero attached hydrogens (tertiary/aromatic N) is 1. The Labute approximate surface area is 127 Å². The van der Waals surface area contributed by atoms with Crippen LogP contribution in [0.25, 0.3) is 0 Å². The molecule has 108 valence electrons. The van der Waals surface area contributed by atoms with E-state index in [1.807, 2.05) is 19.1 Å². The molecule has 0 aliphatic heterocycles. The number of fused-ring (bicyclic) bond motifs is 1. The third-order valence-electron chi connectivity index (χ3n) is 3.59. The van der Waals surface area contributed by atoms with E-state index in [-0.39, 0.29) is 0 Å².